The van der Waals surface area contributed by atoms with Gasteiger partial charge in [-0.25, -0.2) is 9.69 Å². The van der Waals surface area contributed by atoms with E-state index in [1.165, 1.54) is 18.2 Å². The first kappa shape index (κ1) is 27.4. The number of hydrogen-bond donors (Lipinski definition) is 2. The summed E-state index contributed by atoms with van der Waals surface area (Å²) < 4.78 is 6.31. The minimum atomic E-state index is -0.863. The van der Waals surface area contributed by atoms with Crippen molar-refractivity contribution in [3.05, 3.63) is 91.4 Å². The van der Waals surface area contributed by atoms with E-state index in [-0.39, 0.29) is 33.7 Å². The number of nitrogens with zero attached hydrogens (tertiary/aromatic N) is 1. The third-order valence-electron chi connectivity index (χ3n) is 5.52. The molecule has 38 heavy (non-hydrogen) atoms. The lowest BCUT2D eigenvalue weighted by Gasteiger charge is -2.26. The van der Waals surface area contributed by atoms with E-state index >= 15 is 0 Å². The van der Waals surface area contributed by atoms with Gasteiger partial charge in [0.2, 0.25) is 0 Å². The Morgan fingerprint density at radius 1 is 1.03 bits per heavy atom. The quantitative estimate of drug-likeness (QED) is 0.259. The van der Waals surface area contributed by atoms with Crippen LogP contribution >= 0.6 is 39.1 Å². The summed E-state index contributed by atoms with van der Waals surface area (Å²) in [6, 6.07) is 14.1. The minimum Gasteiger partial charge on any atom is -0.481 e. The van der Waals surface area contributed by atoms with E-state index in [1.807, 2.05) is 26.0 Å². The third-order valence-corrected chi connectivity index (χ3v) is 6.61. The Hall–Kier alpha value is -3.66. The molecule has 0 unspecified atom stereocenters. The molecule has 0 aliphatic carbocycles. The normalized spacial score (nSPS) is 14.5. The molecular formula is C27H20BrCl2N3O5. The fraction of sp³-hybridized carbons (Fsp3) is 0.111. The van der Waals surface area contributed by atoms with Gasteiger partial charge < -0.3 is 10.1 Å². The first-order chi connectivity index (χ1) is 18.0. The number of rotatable bonds is 6. The average molecular weight is 617 g/mol. The molecule has 0 radical (unpaired) electrons. The third kappa shape index (κ3) is 6.07. The summed E-state index contributed by atoms with van der Waals surface area (Å²) in [5.41, 5.74) is 2.96. The van der Waals surface area contributed by atoms with Crippen molar-refractivity contribution in [2.45, 2.75) is 13.8 Å². The summed E-state index contributed by atoms with van der Waals surface area (Å²) in [6.45, 7) is 3.49. The van der Waals surface area contributed by atoms with Crippen LogP contribution < -0.4 is 20.3 Å². The van der Waals surface area contributed by atoms with Crippen LogP contribution in [0, 0.1) is 13.8 Å². The van der Waals surface area contributed by atoms with E-state index in [0.29, 0.717) is 11.3 Å². The highest BCUT2D eigenvalue weighted by Crippen LogP contribution is 2.35. The number of aryl methyl sites for hydroxylation is 2. The van der Waals surface area contributed by atoms with Gasteiger partial charge in [-0.15, -0.1) is 0 Å². The van der Waals surface area contributed by atoms with Gasteiger partial charge in [0, 0.05) is 10.2 Å². The maximum atomic E-state index is 13.1. The molecule has 1 aliphatic heterocycles. The molecule has 1 heterocycles. The number of imide groups is 2. The number of halogens is 3. The molecule has 0 bridgehead atoms. The van der Waals surface area contributed by atoms with Gasteiger partial charge in [-0.1, -0.05) is 56.8 Å². The molecule has 11 heteroatoms. The molecule has 3 aromatic carbocycles. The van der Waals surface area contributed by atoms with Crippen molar-refractivity contribution in [1.82, 2.24) is 5.32 Å². The second-order valence-electron chi connectivity index (χ2n) is 8.40. The monoisotopic (exact) mass is 615 g/mol. The molecule has 2 N–H and O–H groups in total. The second-order valence-corrected chi connectivity index (χ2v) is 10.1. The Morgan fingerprint density at radius 2 is 1.68 bits per heavy atom. The first-order valence-corrected chi connectivity index (χ1v) is 12.7. The second kappa shape index (κ2) is 11.4. The fourth-order valence-corrected chi connectivity index (χ4v) is 4.60. The van der Waals surface area contributed by atoms with Crippen LogP contribution in [0.1, 0.15) is 16.7 Å². The Balaban J connectivity index is 1.51. The lowest BCUT2D eigenvalue weighted by atomic mass is 10.1. The van der Waals surface area contributed by atoms with Crippen LogP contribution in [0.25, 0.3) is 6.08 Å². The van der Waals surface area contributed by atoms with Crippen LogP contribution in [-0.4, -0.2) is 30.4 Å². The van der Waals surface area contributed by atoms with Gasteiger partial charge in [0.05, 0.1) is 15.7 Å². The predicted octanol–water partition coefficient (Wildman–Crippen LogP) is 6.06. The number of hydrogen-bond acceptors (Lipinski definition) is 5. The average Bonchev–Trinajstić information content (AvgIpc) is 2.84. The molecule has 0 spiro atoms. The van der Waals surface area contributed by atoms with Crippen molar-refractivity contribution in [2.24, 2.45) is 0 Å². The van der Waals surface area contributed by atoms with Crippen molar-refractivity contribution in [1.29, 1.82) is 0 Å². The Labute approximate surface area is 236 Å². The number of barbiturate groups is 1. The molecule has 1 aliphatic rings. The van der Waals surface area contributed by atoms with Gasteiger partial charge in [-0.3, -0.25) is 19.7 Å². The van der Waals surface area contributed by atoms with E-state index in [2.05, 4.69) is 26.6 Å². The van der Waals surface area contributed by atoms with Crippen LogP contribution in [0.2, 0.25) is 10.0 Å². The standard InChI is InChI=1S/C27H20BrCl2N3O5/c1-14-3-8-22(15(2)9-14)31-23(34)13-38-24-20(29)11-16(12-21(24)30)10-19-25(35)32-27(37)33(26(19)36)18-6-4-17(28)5-7-18/h3-12H,13H2,1-2H3,(H,31,34)(H,32,35,37)/b19-10+. The zero-order valence-corrected chi connectivity index (χ0v) is 23.2. The van der Waals surface area contributed by atoms with Crippen molar-refractivity contribution < 1.29 is 23.9 Å². The van der Waals surface area contributed by atoms with Crippen molar-refractivity contribution in [3.63, 3.8) is 0 Å². The lowest BCUT2D eigenvalue weighted by molar-refractivity contribution is -0.122. The number of carbonyl (C=O) groups excluding carboxylic acids is 4. The van der Waals surface area contributed by atoms with Gasteiger partial charge in [0.15, 0.2) is 12.4 Å². The van der Waals surface area contributed by atoms with E-state index in [4.69, 9.17) is 27.9 Å². The smallest absolute Gasteiger partial charge is 0.335 e. The number of nitrogens with one attached hydrogen (secondary N) is 2. The summed E-state index contributed by atoms with van der Waals surface area (Å²) in [4.78, 5) is 51.2. The molecule has 4 rings (SSSR count). The molecule has 3 aromatic rings. The van der Waals surface area contributed by atoms with Gasteiger partial charge in [-0.05, 0) is 73.5 Å². The maximum Gasteiger partial charge on any atom is 0.335 e. The first-order valence-electron chi connectivity index (χ1n) is 11.2. The highest BCUT2D eigenvalue weighted by molar-refractivity contribution is 9.10. The van der Waals surface area contributed by atoms with Crippen molar-refractivity contribution >= 4 is 80.3 Å². The summed E-state index contributed by atoms with van der Waals surface area (Å²) in [6.07, 6.45) is 1.27. The summed E-state index contributed by atoms with van der Waals surface area (Å²) in [7, 11) is 0. The highest BCUT2D eigenvalue weighted by atomic mass is 79.9. The molecule has 1 fully saturated rings. The van der Waals surface area contributed by atoms with Crippen LogP contribution in [0.5, 0.6) is 5.75 Å². The van der Waals surface area contributed by atoms with Gasteiger partial charge in [0.25, 0.3) is 17.7 Å². The molecule has 0 atom stereocenters. The number of carbonyl (C=O) groups is 4. The van der Waals surface area contributed by atoms with Crippen LogP contribution in [-0.2, 0) is 14.4 Å². The van der Waals surface area contributed by atoms with Crippen LogP contribution in [0.4, 0.5) is 16.2 Å². The van der Waals surface area contributed by atoms with E-state index in [9.17, 15) is 19.2 Å². The molecule has 1 saturated heterocycles. The number of ether oxygens (including phenoxy) is 1. The molecule has 0 saturated carbocycles. The Bertz CT molecular complexity index is 1480. The summed E-state index contributed by atoms with van der Waals surface area (Å²) >= 11 is 16.0. The highest BCUT2D eigenvalue weighted by Gasteiger charge is 2.36. The largest absolute Gasteiger partial charge is 0.481 e. The summed E-state index contributed by atoms with van der Waals surface area (Å²) in [5.74, 6) is -2.00. The van der Waals surface area contributed by atoms with Crippen molar-refractivity contribution in [2.75, 3.05) is 16.8 Å². The molecule has 194 valence electrons. The zero-order chi connectivity index (χ0) is 27.6. The maximum absolute atomic E-state index is 13.1. The predicted molar refractivity (Wildman–Crippen MR) is 150 cm³/mol. The van der Waals surface area contributed by atoms with Crippen LogP contribution in [0.15, 0.2) is 64.6 Å². The lowest BCUT2D eigenvalue weighted by Crippen LogP contribution is -2.54. The number of amides is 5. The SMILES string of the molecule is Cc1ccc(NC(=O)COc2c(Cl)cc(/C=C3\C(=O)NC(=O)N(c4ccc(Br)cc4)C3=O)cc2Cl)c(C)c1. The molecule has 5 amide bonds. The minimum absolute atomic E-state index is 0.0631. The Morgan fingerprint density at radius 3 is 2.32 bits per heavy atom. The van der Waals surface area contributed by atoms with Crippen molar-refractivity contribution in [3.8, 4) is 5.75 Å². The number of anilines is 2. The van der Waals surface area contributed by atoms with Gasteiger partial charge >= 0.3 is 6.03 Å². The van der Waals surface area contributed by atoms with E-state index < -0.39 is 23.8 Å². The molecule has 0 aromatic heterocycles. The van der Waals surface area contributed by atoms with E-state index in [1.54, 1.807) is 30.3 Å². The zero-order valence-electron chi connectivity index (χ0n) is 20.1. The fourth-order valence-electron chi connectivity index (χ4n) is 3.73. The summed E-state index contributed by atoms with van der Waals surface area (Å²) in [5, 5.41) is 5.05. The molecule has 8 nitrogen and oxygen atoms in total. The van der Waals surface area contributed by atoms with Gasteiger partial charge in [-0.2, -0.15) is 0 Å². The number of urea groups is 1. The topological polar surface area (TPSA) is 105 Å². The molecular weight excluding hydrogens is 597 g/mol. The van der Waals surface area contributed by atoms with E-state index in [0.717, 1.165) is 20.5 Å². The number of benzene rings is 3. The van der Waals surface area contributed by atoms with Gasteiger partial charge in [0.1, 0.15) is 5.57 Å². The van der Waals surface area contributed by atoms with Crippen LogP contribution in [0.3, 0.4) is 0 Å². The Kier molecular flexibility index (Phi) is 8.20.